The molecule has 0 heterocycles. The Labute approximate surface area is 230 Å². The van der Waals surface area contributed by atoms with Crippen molar-refractivity contribution in [1.82, 2.24) is 0 Å². The summed E-state index contributed by atoms with van der Waals surface area (Å²) >= 11 is 0. The SMILES string of the molecule is O=C(O)c1cccc(C(=O)N(c2ccc(C(=O)c3ccccc3)cc2)c2ccc(C(=O)c3ccccc3)cc2)c1. The zero-order valence-corrected chi connectivity index (χ0v) is 21.2. The summed E-state index contributed by atoms with van der Waals surface area (Å²) < 4.78 is 0. The van der Waals surface area contributed by atoms with Crippen LogP contribution in [0.5, 0.6) is 0 Å². The van der Waals surface area contributed by atoms with Gasteiger partial charge in [-0.1, -0.05) is 66.7 Å². The van der Waals surface area contributed by atoms with Gasteiger partial charge in [-0.15, -0.1) is 0 Å². The van der Waals surface area contributed by atoms with Crippen molar-refractivity contribution in [1.29, 1.82) is 0 Å². The van der Waals surface area contributed by atoms with Gasteiger partial charge in [-0.05, 0) is 66.7 Å². The van der Waals surface area contributed by atoms with Crippen molar-refractivity contribution in [3.63, 3.8) is 0 Å². The first-order valence-electron chi connectivity index (χ1n) is 12.5. The highest BCUT2D eigenvalue weighted by Gasteiger charge is 2.22. The molecule has 0 radical (unpaired) electrons. The van der Waals surface area contributed by atoms with E-state index in [-0.39, 0.29) is 22.7 Å². The van der Waals surface area contributed by atoms with Crippen LogP contribution >= 0.6 is 0 Å². The summed E-state index contributed by atoms with van der Waals surface area (Å²) in [4.78, 5) is 52.6. The topological polar surface area (TPSA) is 91.8 Å². The zero-order chi connectivity index (χ0) is 28.1. The van der Waals surface area contributed by atoms with E-state index in [1.807, 2.05) is 12.1 Å². The third-order valence-corrected chi connectivity index (χ3v) is 6.41. The number of anilines is 2. The van der Waals surface area contributed by atoms with Gasteiger partial charge >= 0.3 is 5.97 Å². The summed E-state index contributed by atoms with van der Waals surface area (Å²) in [5.74, 6) is -1.91. The number of hydrogen-bond donors (Lipinski definition) is 1. The lowest BCUT2D eigenvalue weighted by Crippen LogP contribution is -2.26. The molecule has 5 aromatic rings. The molecule has 0 aromatic heterocycles. The van der Waals surface area contributed by atoms with Gasteiger partial charge in [0.2, 0.25) is 0 Å². The summed E-state index contributed by atoms with van der Waals surface area (Å²) in [6.45, 7) is 0. The van der Waals surface area contributed by atoms with Crippen LogP contribution in [-0.4, -0.2) is 28.5 Å². The van der Waals surface area contributed by atoms with Crippen LogP contribution in [0, 0.1) is 0 Å². The van der Waals surface area contributed by atoms with Crippen LogP contribution in [0.1, 0.15) is 52.6 Å². The maximum Gasteiger partial charge on any atom is 0.335 e. The molecule has 6 heteroatoms. The molecule has 5 rings (SSSR count). The van der Waals surface area contributed by atoms with E-state index >= 15 is 0 Å². The normalized spacial score (nSPS) is 10.5. The summed E-state index contributed by atoms with van der Waals surface area (Å²) in [6.07, 6.45) is 0. The van der Waals surface area contributed by atoms with Crippen LogP contribution in [-0.2, 0) is 0 Å². The van der Waals surface area contributed by atoms with Crippen LogP contribution in [0.4, 0.5) is 11.4 Å². The fraction of sp³-hybridized carbons (Fsp3) is 0. The largest absolute Gasteiger partial charge is 0.478 e. The molecule has 0 unspecified atom stereocenters. The number of carbonyl (C=O) groups excluding carboxylic acids is 3. The number of benzene rings is 5. The molecular weight excluding hydrogens is 502 g/mol. The predicted octanol–water partition coefficient (Wildman–Crippen LogP) is 6.83. The monoisotopic (exact) mass is 525 g/mol. The number of carboxylic acid groups (broad SMARTS) is 1. The predicted molar refractivity (Wildman–Crippen MR) is 153 cm³/mol. The average molecular weight is 526 g/mol. The Kier molecular flexibility index (Phi) is 7.42. The van der Waals surface area contributed by atoms with Crippen molar-refractivity contribution >= 4 is 34.8 Å². The van der Waals surface area contributed by atoms with Gasteiger partial charge in [-0.25, -0.2) is 4.79 Å². The molecule has 0 aliphatic rings. The summed E-state index contributed by atoms with van der Waals surface area (Å²) in [5, 5.41) is 9.43. The van der Waals surface area contributed by atoms with E-state index < -0.39 is 11.9 Å². The molecule has 5 aromatic carbocycles. The molecule has 0 bridgehead atoms. The molecule has 0 aliphatic heterocycles. The number of ketones is 2. The van der Waals surface area contributed by atoms with Gasteiger partial charge in [0.25, 0.3) is 5.91 Å². The number of rotatable bonds is 8. The molecule has 0 atom stereocenters. The van der Waals surface area contributed by atoms with Gasteiger partial charge in [0.05, 0.1) is 5.56 Å². The van der Waals surface area contributed by atoms with Crippen LogP contribution in [0.3, 0.4) is 0 Å². The average Bonchev–Trinajstić information content (AvgIpc) is 3.02. The number of carboxylic acids is 1. The Hall–Kier alpha value is -5.62. The number of hydrogen-bond acceptors (Lipinski definition) is 4. The molecular formula is C34H23NO5. The Morgan fingerprint density at radius 1 is 0.425 bits per heavy atom. The Balaban J connectivity index is 1.52. The molecule has 0 saturated heterocycles. The third kappa shape index (κ3) is 5.47. The van der Waals surface area contributed by atoms with E-state index in [4.69, 9.17) is 0 Å². The number of amides is 1. The van der Waals surface area contributed by atoms with Gasteiger partial charge < -0.3 is 5.11 Å². The van der Waals surface area contributed by atoms with Gasteiger partial charge in [0.15, 0.2) is 11.6 Å². The van der Waals surface area contributed by atoms with Gasteiger partial charge in [-0.3, -0.25) is 19.3 Å². The van der Waals surface area contributed by atoms with E-state index in [1.165, 1.54) is 23.1 Å². The fourth-order valence-corrected chi connectivity index (χ4v) is 4.33. The fourth-order valence-electron chi connectivity index (χ4n) is 4.33. The first-order chi connectivity index (χ1) is 19.4. The smallest absolute Gasteiger partial charge is 0.335 e. The summed E-state index contributed by atoms with van der Waals surface area (Å²) in [5.41, 5.74) is 3.11. The quantitative estimate of drug-likeness (QED) is 0.224. The molecule has 1 amide bonds. The van der Waals surface area contributed by atoms with Gasteiger partial charge in [-0.2, -0.15) is 0 Å². The number of aromatic carboxylic acids is 1. The summed E-state index contributed by atoms with van der Waals surface area (Å²) in [6, 6.07) is 36.8. The second-order valence-electron chi connectivity index (χ2n) is 9.01. The second kappa shape index (κ2) is 11.4. The highest BCUT2D eigenvalue weighted by Crippen LogP contribution is 2.29. The van der Waals surface area contributed by atoms with E-state index in [0.29, 0.717) is 33.6 Å². The lowest BCUT2D eigenvalue weighted by Gasteiger charge is -2.24. The Morgan fingerprint density at radius 3 is 1.23 bits per heavy atom. The lowest BCUT2D eigenvalue weighted by atomic mass is 10.0. The molecule has 40 heavy (non-hydrogen) atoms. The zero-order valence-electron chi connectivity index (χ0n) is 21.2. The van der Waals surface area contributed by atoms with Crippen LogP contribution < -0.4 is 4.90 Å². The minimum atomic E-state index is -1.14. The first-order valence-corrected chi connectivity index (χ1v) is 12.5. The van der Waals surface area contributed by atoms with Crippen molar-refractivity contribution in [2.24, 2.45) is 0 Å². The van der Waals surface area contributed by atoms with Gasteiger partial charge in [0.1, 0.15) is 0 Å². The Bertz CT molecular complexity index is 1600. The van der Waals surface area contributed by atoms with Crippen molar-refractivity contribution < 1.29 is 24.3 Å². The van der Waals surface area contributed by atoms with E-state index in [0.717, 1.165) is 0 Å². The number of nitrogens with zero attached hydrogens (tertiary/aromatic N) is 1. The molecule has 0 saturated carbocycles. The van der Waals surface area contributed by atoms with Crippen molar-refractivity contribution in [3.05, 3.63) is 167 Å². The molecule has 6 nitrogen and oxygen atoms in total. The molecule has 194 valence electrons. The van der Waals surface area contributed by atoms with Gasteiger partial charge in [0, 0.05) is 39.2 Å². The van der Waals surface area contributed by atoms with Crippen LogP contribution in [0.15, 0.2) is 133 Å². The third-order valence-electron chi connectivity index (χ3n) is 6.41. The lowest BCUT2D eigenvalue weighted by molar-refractivity contribution is 0.0696. The van der Waals surface area contributed by atoms with Crippen LogP contribution in [0.25, 0.3) is 0 Å². The number of carbonyl (C=O) groups is 4. The van der Waals surface area contributed by atoms with Crippen LogP contribution in [0.2, 0.25) is 0 Å². The first kappa shape index (κ1) is 26.0. The van der Waals surface area contributed by atoms with Crippen molar-refractivity contribution in [2.45, 2.75) is 0 Å². The Morgan fingerprint density at radius 2 is 0.800 bits per heavy atom. The maximum absolute atomic E-state index is 13.8. The molecule has 1 N–H and O–H groups in total. The maximum atomic E-state index is 13.8. The minimum absolute atomic E-state index is 0.0154. The molecule has 0 spiro atoms. The van der Waals surface area contributed by atoms with E-state index in [2.05, 4.69) is 0 Å². The second-order valence-corrected chi connectivity index (χ2v) is 9.01. The highest BCUT2D eigenvalue weighted by atomic mass is 16.4. The minimum Gasteiger partial charge on any atom is -0.478 e. The van der Waals surface area contributed by atoms with E-state index in [1.54, 1.807) is 103 Å². The standard InChI is InChI=1S/C34H23NO5/c36-31(23-8-3-1-4-9-23)25-14-18-29(19-15-25)35(33(38)27-12-7-13-28(22-27)34(39)40)30-20-16-26(17-21-30)32(37)24-10-5-2-6-11-24/h1-22H,(H,39,40). The van der Waals surface area contributed by atoms with Crippen molar-refractivity contribution in [3.8, 4) is 0 Å². The summed E-state index contributed by atoms with van der Waals surface area (Å²) in [7, 11) is 0. The van der Waals surface area contributed by atoms with E-state index in [9.17, 15) is 24.3 Å². The van der Waals surface area contributed by atoms with Crippen molar-refractivity contribution in [2.75, 3.05) is 4.90 Å². The molecule has 0 aliphatic carbocycles. The highest BCUT2D eigenvalue weighted by molar-refractivity contribution is 6.13. The molecule has 0 fully saturated rings.